The van der Waals surface area contributed by atoms with E-state index in [9.17, 15) is 4.79 Å². The monoisotopic (exact) mass is 608 g/mol. The van der Waals surface area contributed by atoms with Gasteiger partial charge in [0.05, 0.1) is 18.6 Å². The van der Waals surface area contributed by atoms with Crippen LogP contribution in [-0.4, -0.2) is 40.9 Å². The first-order chi connectivity index (χ1) is 16.9. The van der Waals surface area contributed by atoms with E-state index >= 15 is 0 Å². The van der Waals surface area contributed by atoms with Crippen LogP contribution in [0.4, 0.5) is 0 Å². The van der Waals surface area contributed by atoms with Crippen LogP contribution in [0.2, 0.25) is 36.3 Å². The minimum atomic E-state index is -1.97. The number of ether oxygens (including phenoxy) is 1. The third-order valence-electron chi connectivity index (χ3n) is 9.23. The predicted octanol–water partition coefficient (Wildman–Crippen LogP) is 8.67. The fourth-order valence-corrected chi connectivity index (χ4v) is 7.74. The van der Waals surface area contributed by atoms with Crippen LogP contribution in [0.5, 0.6) is 0 Å². The maximum absolute atomic E-state index is 12.2. The van der Waals surface area contributed by atoms with Gasteiger partial charge in [-0.2, -0.15) is 0 Å². The number of fused-ring (bicyclic) bond motifs is 1. The summed E-state index contributed by atoms with van der Waals surface area (Å²) in [5.74, 6) is 0.297. The van der Waals surface area contributed by atoms with Gasteiger partial charge in [-0.25, -0.2) is 0 Å². The van der Waals surface area contributed by atoms with E-state index in [-0.39, 0.29) is 46.2 Å². The van der Waals surface area contributed by atoms with Crippen LogP contribution in [0.15, 0.2) is 40.9 Å². The second-order valence-corrected chi connectivity index (χ2v) is 24.5. The molecular weight excluding hydrogens is 560 g/mol. The van der Waals surface area contributed by atoms with Crippen molar-refractivity contribution >= 4 is 38.5 Å². The smallest absolute Gasteiger partial charge is 0.306 e. The molecule has 0 N–H and O–H groups in total. The van der Waals surface area contributed by atoms with Gasteiger partial charge in [0.25, 0.3) is 0 Å². The summed E-state index contributed by atoms with van der Waals surface area (Å²) in [6.45, 7) is 23.0. The van der Waals surface area contributed by atoms with Crippen LogP contribution in [0.25, 0.3) is 0 Å². The van der Waals surface area contributed by atoms with E-state index in [1.807, 2.05) is 0 Å². The largest absolute Gasteiger partial charge is 0.462 e. The fourth-order valence-electron chi connectivity index (χ4n) is 4.81. The number of halogens is 1. The molecule has 1 aliphatic heterocycles. The van der Waals surface area contributed by atoms with Crippen LogP contribution >= 0.6 is 15.9 Å². The van der Waals surface area contributed by atoms with E-state index < -0.39 is 16.6 Å². The van der Waals surface area contributed by atoms with Gasteiger partial charge in [-0.1, -0.05) is 81.8 Å². The Morgan fingerprint density at radius 3 is 2.19 bits per heavy atom. The van der Waals surface area contributed by atoms with Gasteiger partial charge in [0.1, 0.15) is 6.10 Å². The lowest BCUT2D eigenvalue weighted by atomic mass is 9.91. The highest BCUT2D eigenvalue weighted by Crippen LogP contribution is 2.47. The highest BCUT2D eigenvalue weighted by Gasteiger charge is 2.52. The number of aryl methyl sites for hydroxylation is 1. The fraction of sp³-hybridized carbons (Fsp3) is 0.700. The zero-order valence-corrected chi connectivity index (χ0v) is 28.3. The summed E-state index contributed by atoms with van der Waals surface area (Å²) in [7, 11) is -3.93. The first-order valence-corrected chi connectivity index (χ1v) is 20.5. The molecule has 1 saturated heterocycles. The molecule has 4 nitrogen and oxygen atoms in total. The quantitative estimate of drug-likeness (QED) is 0.160. The van der Waals surface area contributed by atoms with Gasteiger partial charge in [-0.05, 0) is 66.8 Å². The highest BCUT2D eigenvalue weighted by atomic mass is 79.9. The highest BCUT2D eigenvalue weighted by molar-refractivity contribution is 9.10. The summed E-state index contributed by atoms with van der Waals surface area (Å²) in [5, 5.41) is 0.267. The molecule has 0 spiro atoms. The van der Waals surface area contributed by atoms with Crippen molar-refractivity contribution in [2.24, 2.45) is 11.8 Å². The SMILES string of the molecule is CC(C)(C)[Si](C)(C)O[C@@H](/C=C/[C@@H]1[C@H]2CC(=O)O[C@H]2C[C@H]1O[Si](C)(C)C(C)(C)C)CCc1ccc(Br)cc1. The lowest BCUT2D eigenvalue weighted by Gasteiger charge is -2.40. The zero-order chi connectivity index (χ0) is 27.8. The third-order valence-corrected chi connectivity index (χ3v) is 18.8. The van der Waals surface area contributed by atoms with Crippen molar-refractivity contribution in [3.8, 4) is 0 Å². The Morgan fingerprint density at radius 2 is 1.62 bits per heavy atom. The normalized spacial score (nSPS) is 26.0. The molecule has 5 atom stereocenters. The summed E-state index contributed by atoms with van der Waals surface area (Å²) in [5.41, 5.74) is 1.32. The molecule has 1 saturated carbocycles. The van der Waals surface area contributed by atoms with Crippen molar-refractivity contribution in [1.82, 2.24) is 0 Å². The lowest BCUT2D eigenvalue weighted by Crippen LogP contribution is -2.45. The summed E-state index contributed by atoms with van der Waals surface area (Å²) in [6.07, 6.45) is 7.86. The Balaban J connectivity index is 1.84. The second kappa shape index (κ2) is 11.4. The van der Waals surface area contributed by atoms with Gasteiger partial charge in [-0.3, -0.25) is 4.79 Å². The maximum atomic E-state index is 12.2. The van der Waals surface area contributed by atoms with Gasteiger partial charge < -0.3 is 13.6 Å². The maximum Gasteiger partial charge on any atom is 0.306 e. The van der Waals surface area contributed by atoms with Crippen LogP contribution in [0, 0.1) is 11.8 Å². The van der Waals surface area contributed by atoms with Gasteiger partial charge in [0.15, 0.2) is 16.6 Å². The molecule has 2 fully saturated rings. The molecule has 1 aromatic carbocycles. The molecule has 1 heterocycles. The Labute approximate surface area is 236 Å². The van der Waals surface area contributed by atoms with E-state index in [1.54, 1.807) is 0 Å². The molecular formula is C30H49BrO4Si2. The number of rotatable bonds is 9. The van der Waals surface area contributed by atoms with Crippen molar-refractivity contribution in [3.05, 3.63) is 46.5 Å². The standard InChI is InChI=1S/C30H49BrO4Si2/c1-29(2,3)36(7,8)34-23(16-13-21-11-14-22(31)15-12-21)17-18-24-25-19-28(32)33-26(25)20-27(24)35-37(9,10)30(4,5)6/h11-12,14-15,17-18,23-27H,13,16,19-20H2,1-10H3/b18-17+/t23-,24-,25-,26+,27-/m1/s1. The van der Waals surface area contributed by atoms with Crippen molar-refractivity contribution in [2.45, 2.75) is 122 Å². The lowest BCUT2D eigenvalue weighted by molar-refractivity contribution is -0.141. The summed E-state index contributed by atoms with van der Waals surface area (Å²) < 4.78 is 20.7. The number of benzene rings is 1. The first-order valence-electron chi connectivity index (χ1n) is 13.9. The topological polar surface area (TPSA) is 44.8 Å². The molecule has 2 aliphatic rings. The number of carbonyl (C=O) groups is 1. The number of esters is 1. The predicted molar refractivity (Wildman–Crippen MR) is 162 cm³/mol. The van der Waals surface area contributed by atoms with Gasteiger partial charge in [0, 0.05) is 22.7 Å². The van der Waals surface area contributed by atoms with E-state index in [0.29, 0.717) is 6.42 Å². The molecule has 0 radical (unpaired) electrons. The van der Waals surface area contributed by atoms with Crippen molar-refractivity contribution < 1.29 is 18.4 Å². The molecule has 1 aliphatic carbocycles. The summed E-state index contributed by atoms with van der Waals surface area (Å²) in [6, 6.07) is 8.58. The van der Waals surface area contributed by atoms with Gasteiger partial charge in [0.2, 0.25) is 0 Å². The number of hydrogen-bond donors (Lipinski definition) is 0. The minimum absolute atomic E-state index is 0.0233. The summed E-state index contributed by atoms with van der Waals surface area (Å²) >= 11 is 3.54. The molecule has 208 valence electrons. The van der Waals surface area contributed by atoms with Crippen molar-refractivity contribution in [2.75, 3.05) is 0 Å². The molecule has 3 rings (SSSR count). The minimum Gasteiger partial charge on any atom is -0.462 e. The van der Waals surface area contributed by atoms with Gasteiger partial charge in [-0.15, -0.1) is 0 Å². The Bertz CT molecular complexity index is 959. The third kappa shape index (κ3) is 7.68. The van der Waals surface area contributed by atoms with E-state index in [0.717, 1.165) is 23.7 Å². The van der Waals surface area contributed by atoms with Crippen molar-refractivity contribution in [1.29, 1.82) is 0 Å². The Morgan fingerprint density at radius 1 is 1.03 bits per heavy atom. The van der Waals surface area contributed by atoms with Crippen LogP contribution in [0.3, 0.4) is 0 Å². The van der Waals surface area contributed by atoms with Crippen LogP contribution < -0.4 is 0 Å². The van der Waals surface area contributed by atoms with E-state index in [1.165, 1.54) is 5.56 Å². The molecule has 1 aromatic rings. The molecule has 0 amide bonds. The molecule has 7 heteroatoms. The van der Waals surface area contributed by atoms with E-state index in [2.05, 4.69) is 120 Å². The van der Waals surface area contributed by atoms with Crippen LogP contribution in [0.1, 0.15) is 66.4 Å². The zero-order valence-electron chi connectivity index (χ0n) is 24.7. The number of hydrogen-bond acceptors (Lipinski definition) is 4. The molecule has 0 bridgehead atoms. The molecule has 37 heavy (non-hydrogen) atoms. The average molecular weight is 610 g/mol. The Kier molecular flexibility index (Phi) is 9.49. The summed E-state index contributed by atoms with van der Waals surface area (Å²) in [4.78, 5) is 12.2. The molecule has 0 unspecified atom stereocenters. The average Bonchev–Trinajstić information content (AvgIpc) is 3.24. The van der Waals surface area contributed by atoms with Gasteiger partial charge >= 0.3 is 5.97 Å². The number of carbonyl (C=O) groups excluding carboxylic acids is 1. The van der Waals surface area contributed by atoms with E-state index in [4.69, 9.17) is 13.6 Å². The van der Waals surface area contributed by atoms with Crippen molar-refractivity contribution in [3.63, 3.8) is 0 Å². The molecule has 0 aromatic heterocycles. The first kappa shape index (κ1) is 30.8. The second-order valence-electron chi connectivity index (χ2n) is 14.1. The Hall–Kier alpha value is -0.736. The van der Waals surface area contributed by atoms with Crippen LogP contribution in [-0.2, 0) is 24.8 Å².